The van der Waals surface area contributed by atoms with E-state index in [1.807, 2.05) is 65.8 Å². The van der Waals surface area contributed by atoms with Crippen LogP contribution in [-0.4, -0.2) is 30.3 Å². The first-order valence-electron chi connectivity index (χ1n) is 7.93. The summed E-state index contributed by atoms with van der Waals surface area (Å²) in [5.74, 6) is -0.0836. The lowest BCUT2D eigenvalue weighted by Gasteiger charge is -2.32. The first-order valence-corrected chi connectivity index (χ1v) is 7.93. The van der Waals surface area contributed by atoms with Crippen LogP contribution in [0.3, 0.4) is 0 Å². The topological polar surface area (TPSA) is 47.6 Å². The van der Waals surface area contributed by atoms with Crippen LogP contribution in [0, 0.1) is 0 Å². The lowest BCUT2D eigenvalue weighted by molar-refractivity contribution is 0.00578. The fourth-order valence-electron chi connectivity index (χ4n) is 2.28. The molecule has 2 rings (SSSR count). The van der Waals surface area contributed by atoms with Crippen molar-refractivity contribution in [1.29, 1.82) is 0 Å². The molecule has 1 aromatic carbocycles. The zero-order chi connectivity index (χ0) is 16.5. The van der Waals surface area contributed by atoms with Crippen LogP contribution in [0.15, 0.2) is 24.3 Å². The number of nitrogens with one attached hydrogen (secondary N) is 1. The Morgan fingerprint density at radius 2 is 1.73 bits per heavy atom. The monoisotopic (exact) mass is 303 g/mol. The Morgan fingerprint density at radius 3 is 2.27 bits per heavy atom. The van der Waals surface area contributed by atoms with Gasteiger partial charge in [0.05, 0.1) is 11.2 Å². The molecule has 0 aromatic heterocycles. The molecule has 0 bridgehead atoms. The van der Waals surface area contributed by atoms with Crippen molar-refractivity contribution in [2.45, 2.75) is 65.2 Å². The molecule has 1 saturated heterocycles. The average molecular weight is 303 g/mol. The van der Waals surface area contributed by atoms with E-state index in [0.29, 0.717) is 5.56 Å². The van der Waals surface area contributed by atoms with Gasteiger partial charge in [0.25, 0.3) is 5.91 Å². The summed E-state index contributed by atoms with van der Waals surface area (Å²) in [5.41, 5.74) is 0.555. The zero-order valence-corrected chi connectivity index (χ0v) is 14.4. The fraction of sp³-hybridized carbons (Fsp3) is 0.588. The summed E-state index contributed by atoms with van der Waals surface area (Å²) >= 11 is 0. The van der Waals surface area contributed by atoms with E-state index >= 15 is 0 Å². The Morgan fingerprint density at radius 1 is 1.18 bits per heavy atom. The van der Waals surface area contributed by atoms with Gasteiger partial charge in [0, 0.05) is 11.6 Å². The molecule has 0 aliphatic carbocycles. The van der Waals surface area contributed by atoms with Gasteiger partial charge in [0.15, 0.2) is 0 Å². The molecule has 22 heavy (non-hydrogen) atoms. The minimum Gasteiger partial charge on any atom is -0.399 e. The number of benzene rings is 1. The molecule has 120 valence electrons. The smallest absolute Gasteiger partial charge is 0.399 e. The van der Waals surface area contributed by atoms with Crippen LogP contribution >= 0.6 is 0 Å². The maximum atomic E-state index is 12.5. The minimum absolute atomic E-state index is 0.0836. The van der Waals surface area contributed by atoms with E-state index in [1.165, 1.54) is 0 Å². The molecular weight excluding hydrogens is 277 g/mol. The van der Waals surface area contributed by atoms with Crippen LogP contribution < -0.4 is 10.8 Å². The highest BCUT2D eigenvalue weighted by Gasteiger charge is 2.52. The molecule has 4 nitrogen and oxygen atoms in total. The number of hydrogen-bond donors (Lipinski definition) is 1. The second-order valence-corrected chi connectivity index (χ2v) is 6.96. The summed E-state index contributed by atoms with van der Waals surface area (Å²) in [4.78, 5) is 12.5. The summed E-state index contributed by atoms with van der Waals surface area (Å²) < 4.78 is 12.1. The summed E-state index contributed by atoms with van der Waals surface area (Å²) in [6.45, 7) is 12.1. The standard InChI is InChI=1S/C17H26BNO3/c1-7-12(2)19-15(20)13-10-8-9-11-14(13)18-21-16(3,4)17(5,6)22-18/h8-12H,7H2,1-6H3,(H,19,20)/t12-/m0/s1. The molecule has 1 amide bonds. The van der Waals surface area contributed by atoms with Gasteiger partial charge in [-0.2, -0.15) is 0 Å². The Kier molecular flexibility index (Phi) is 4.69. The molecule has 1 aliphatic heterocycles. The number of carbonyl (C=O) groups is 1. The summed E-state index contributed by atoms with van der Waals surface area (Å²) in [6, 6.07) is 7.62. The predicted molar refractivity (Wildman–Crippen MR) is 89.4 cm³/mol. The third-order valence-corrected chi connectivity index (χ3v) is 4.70. The van der Waals surface area contributed by atoms with Crippen LogP contribution in [0.4, 0.5) is 0 Å². The van der Waals surface area contributed by atoms with Crippen LogP contribution in [0.2, 0.25) is 0 Å². The van der Waals surface area contributed by atoms with E-state index in [9.17, 15) is 4.79 Å². The zero-order valence-electron chi connectivity index (χ0n) is 14.4. The van der Waals surface area contributed by atoms with Crippen molar-refractivity contribution in [3.05, 3.63) is 29.8 Å². The van der Waals surface area contributed by atoms with Crippen molar-refractivity contribution in [1.82, 2.24) is 5.32 Å². The fourth-order valence-corrected chi connectivity index (χ4v) is 2.28. The van der Waals surface area contributed by atoms with Gasteiger partial charge < -0.3 is 14.6 Å². The van der Waals surface area contributed by atoms with E-state index in [2.05, 4.69) is 5.32 Å². The van der Waals surface area contributed by atoms with Gasteiger partial charge in [-0.1, -0.05) is 25.1 Å². The maximum Gasteiger partial charge on any atom is 0.495 e. The summed E-state index contributed by atoms with van der Waals surface area (Å²) in [5, 5.41) is 3.00. The largest absolute Gasteiger partial charge is 0.495 e. The molecule has 1 fully saturated rings. The number of carbonyl (C=O) groups excluding carboxylic acids is 1. The third-order valence-electron chi connectivity index (χ3n) is 4.70. The quantitative estimate of drug-likeness (QED) is 0.870. The highest BCUT2D eigenvalue weighted by Crippen LogP contribution is 2.36. The van der Waals surface area contributed by atoms with Crippen molar-refractivity contribution in [2.24, 2.45) is 0 Å². The van der Waals surface area contributed by atoms with Crippen molar-refractivity contribution >= 4 is 18.5 Å². The maximum absolute atomic E-state index is 12.5. The van der Waals surface area contributed by atoms with Gasteiger partial charge in [0.2, 0.25) is 0 Å². The van der Waals surface area contributed by atoms with Crippen molar-refractivity contribution in [3.63, 3.8) is 0 Å². The normalized spacial score (nSPS) is 20.7. The van der Waals surface area contributed by atoms with Gasteiger partial charge in [0.1, 0.15) is 0 Å². The molecule has 0 spiro atoms. The Bertz CT molecular complexity index is 541. The van der Waals surface area contributed by atoms with Gasteiger partial charge in [-0.3, -0.25) is 4.79 Å². The van der Waals surface area contributed by atoms with Gasteiger partial charge in [-0.25, -0.2) is 0 Å². The minimum atomic E-state index is -0.524. The molecule has 1 atom stereocenters. The van der Waals surface area contributed by atoms with Crippen molar-refractivity contribution in [3.8, 4) is 0 Å². The van der Waals surface area contributed by atoms with Gasteiger partial charge >= 0.3 is 7.12 Å². The van der Waals surface area contributed by atoms with Gasteiger partial charge in [-0.05, 0) is 52.6 Å². The molecule has 1 heterocycles. The Balaban J connectivity index is 2.29. The van der Waals surface area contributed by atoms with Crippen LogP contribution in [0.1, 0.15) is 58.3 Å². The average Bonchev–Trinajstić information content (AvgIpc) is 2.67. The highest BCUT2D eigenvalue weighted by molar-refractivity contribution is 6.63. The van der Waals surface area contributed by atoms with Crippen LogP contribution in [0.5, 0.6) is 0 Å². The predicted octanol–water partition coefficient (Wildman–Crippen LogP) is 2.51. The van der Waals surface area contributed by atoms with Crippen LogP contribution in [0.25, 0.3) is 0 Å². The van der Waals surface area contributed by atoms with Crippen LogP contribution in [-0.2, 0) is 9.31 Å². The SMILES string of the molecule is CC[C@H](C)NC(=O)c1ccccc1B1OC(C)(C)C(C)(C)O1. The molecule has 0 saturated carbocycles. The van der Waals surface area contributed by atoms with Gasteiger partial charge in [-0.15, -0.1) is 0 Å². The molecule has 5 heteroatoms. The number of amides is 1. The number of rotatable bonds is 4. The van der Waals surface area contributed by atoms with Crippen molar-refractivity contribution in [2.75, 3.05) is 0 Å². The molecule has 1 aromatic rings. The van der Waals surface area contributed by atoms with E-state index in [1.54, 1.807) is 0 Å². The molecule has 0 unspecified atom stereocenters. The first-order chi connectivity index (χ1) is 10.2. The molecular formula is C17H26BNO3. The third kappa shape index (κ3) is 3.20. The molecule has 1 aliphatic rings. The van der Waals surface area contributed by atoms with E-state index < -0.39 is 18.3 Å². The second kappa shape index (κ2) is 6.05. The van der Waals surface area contributed by atoms with E-state index in [4.69, 9.17) is 9.31 Å². The lowest BCUT2D eigenvalue weighted by Crippen LogP contribution is -2.42. The number of hydrogen-bond acceptors (Lipinski definition) is 3. The Labute approximate surface area is 133 Å². The molecule has 1 N–H and O–H groups in total. The lowest BCUT2D eigenvalue weighted by atomic mass is 9.75. The summed E-state index contributed by atoms with van der Waals surface area (Å²) in [7, 11) is -0.524. The van der Waals surface area contributed by atoms with E-state index in [0.717, 1.165) is 11.9 Å². The highest BCUT2D eigenvalue weighted by atomic mass is 16.7. The molecule has 0 radical (unpaired) electrons. The first kappa shape index (κ1) is 17.0. The van der Waals surface area contributed by atoms with Crippen molar-refractivity contribution < 1.29 is 14.1 Å². The Hall–Kier alpha value is -1.33. The van der Waals surface area contributed by atoms with E-state index in [-0.39, 0.29) is 11.9 Å². The second-order valence-electron chi connectivity index (χ2n) is 6.96. The summed E-state index contributed by atoms with van der Waals surface area (Å²) in [6.07, 6.45) is 0.893.